The number of ether oxygens (including phenoxy) is 1. The van der Waals surface area contributed by atoms with Crippen LogP contribution in [0.4, 0.5) is 10.3 Å². The largest absolute Gasteiger partial charge is 0.493 e. The molecular weight excluding hydrogens is 421 g/mol. The lowest BCUT2D eigenvalue weighted by Gasteiger charge is -2.21. The van der Waals surface area contributed by atoms with E-state index in [1.807, 2.05) is 0 Å². The van der Waals surface area contributed by atoms with Crippen LogP contribution in [0.2, 0.25) is 0 Å². The molecule has 0 spiro atoms. The van der Waals surface area contributed by atoms with Crippen molar-refractivity contribution >= 4 is 15.8 Å². The zero-order valence-corrected chi connectivity index (χ0v) is 18.0. The van der Waals surface area contributed by atoms with Crippen molar-refractivity contribution in [1.82, 2.24) is 9.55 Å². The maximum Gasteiger partial charge on any atom is 0.262 e. The van der Waals surface area contributed by atoms with Crippen LogP contribution in [0.15, 0.2) is 52.3 Å². The molecule has 0 unspecified atom stereocenters. The molecule has 2 heterocycles. The molecule has 3 aromatic rings. The lowest BCUT2D eigenvalue weighted by atomic mass is 9.99. The van der Waals surface area contributed by atoms with E-state index in [-0.39, 0.29) is 22.8 Å². The van der Waals surface area contributed by atoms with Crippen LogP contribution in [0, 0.1) is 5.82 Å². The molecule has 1 aliphatic heterocycles. The molecule has 1 aromatic heterocycles. The number of halogens is 1. The Kier molecular flexibility index (Phi) is 5.53. The van der Waals surface area contributed by atoms with Crippen LogP contribution in [0.3, 0.4) is 0 Å². The summed E-state index contributed by atoms with van der Waals surface area (Å²) in [5, 5.41) is 3.05. The van der Waals surface area contributed by atoms with E-state index >= 15 is 0 Å². The predicted octanol–water partition coefficient (Wildman–Crippen LogP) is 2.93. The number of nitrogens with zero attached hydrogens (tertiary/aromatic N) is 2. The molecule has 1 N–H and O–H groups in total. The average molecular weight is 444 g/mol. The van der Waals surface area contributed by atoms with E-state index in [0.29, 0.717) is 35.0 Å². The van der Waals surface area contributed by atoms with Gasteiger partial charge in [0.25, 0.3) is 5.56 Å². The van der Waals surface area contributed by atoms with E-state index in [4.69, 9.17) is 4.74 Å². The Morgan fingerprint density at radius 3 is 2.65 bits per heavy atom. The minimum absolute atomic E-state index is 0.168. The Hall–Kier alpha value is -3.20. The number of sulfone groups is 1. The summed E-state index contributed by atoms with van der Waals surface area (Å²) < 4.78 is 44.6. The van der Waals surface area contributed by atoms with Crippen molar-refractivity contribution in [2.75, 3.05) is 18.2 Å². The van der Waals surface area contributed by atoms with E-state index in [1.165, 1.54) is 29.0 Å². The smallest absolute Gasteiger partial charge is 0.262 e. The van der Waals surface area contributed by atoms with Crippen LogP contribution < -0.4 is 15.6 Å². The Morgan fingerprint density at radius 1 is 1.19 bits per heavy atom. The Morgan fingerprint density at radius 2 is 1.94 bits per heavy atom. The quantitative estimate of drug-likeness (QED) is 0.652. The second-order valence-electron chi connectivity index (χ2n) is 7.46. The van der Waals surface area contributed by atoms with E-state index < -0.39 is 9.84 Å². The Balaban J connectivity index is 1.60. The zero-order chi connectivity index (χ0) is 22.2. The van der Waals surface area contributed by atoms with Gasteiger partial charge in [-0.15, -0.1) is 0 Å². The molecule has 0 saturated heterocycles. The van der Waals surface area contributed by atoms with Crippen molar-refractivity contribution in [2.45, 2.75) is 24.3 Å². The van der Waals surface area contributed by atoms with Gasteiger partial charge in [0.05, 0.1) is 17.1 Å². The highest BCUT2D eigenvalue weighted by Crippen LogP contribution is 2.30. The van der Waals surface area contributed by atoms with E-state index in [2.05, 4.69) is 10.3 Å². The van der Waals surface area contributed by atoms with Gasteiger partial charge in [0.2, 0.25) is 5.95 Å². The molecule has 0 radical (unpaired) electrons. The van der Waals surface area contributed by atoms with Crippen LogP contribution in [0.5, 0.6) is 5.75 Å². The molecule has 2 aromatic carbocycles. The molecule has 0 fully saturated rings. The van der Waals surface area contributed by atoms with Gasteiger partial charge in [-0.05, 0) is 42.7 Å². The van der Waals surface area contributed by atoms with Crippen molar-refractivity contribution in [1.29, 1.82) is 0 Å². The first kappa shape index (κ1) is 21.0. The van der Waals surface area contributed by atoms with Crippen molar-refractivity contribution in [3.63, 3.8) is 0 Å². The summed E-state index contributed by atoms with van der Waals surface area (Å²) in [7, 11) is -1.74. The summed E-state index contributed by atoms with van der Waals surface area (Å²) in [5.41, 5.74) is 1.94. The van der Waals surface area contributed by atoms with Gasteiger partial charge >= 0.3 is 0 Å². The first-order valence-corrected chi connectivity index (χ1v) is 11.7. The van der Waals surface area contributed by atoms with Gasteiger partial charge in [0.15, 0.2) is 9.84 Å². The maximum absolute atomic E-state index is 14.4. The minimum Gasteiger partial charge on any atom is -0.493 e. The van der Waals surface area contributed by atoms with E-state index in [1.54, 1.807) is 25.2 Å². The molecule has 0 bridgehead atoms. The minimum atomic E-state index is -3.32. The monoisotopic (exact) mass is 443 g/mol. The van der Waals surface area contributed by atoms with Crippen LogP contribution in [0.1, 0.15) is 17.5 Å². The molecule has 0 atom stereocenters. The third-order valence-corrected chi connectivity index (χ3v) is 6.47. The summed E-state index contributed by atoms with van der Waals surface area (Å²) in [6, 6.07) is 9.10. The van der Waals surface area contributed by atoms with Crippen LogP contribution >= 0.6 is 0 Å². The van der Waals surface area contributed by atoms with E-state index in [9.17, 15) is 17.6 Å². The molecule has 7 nitrogen and oxygen atoms in total. The molecule has 31 heavy (non-hydrogen) atoms. The van der Waals surface area contributed by atoms with E-state index in [0.717, 1.165) is 24.7 Å². The molecule has 0 saturated carbocycles. The number of hydrogen-bond donors (Lipinski definition) is 1. The summed E-state index contributed by atoms with van der Waals surface area (Å²) in [4.78, 5) is 17.4. The number of aromatic nitrogens is 2. The zero-order valence-electron chi connectivity index (χ0n) is 17.2. The summed E-state index contributed by atoms with van der Waals surface area (Å²) in [6.07, 6.45) is 4.12. The maximum atomic E-state index is 14.4. The van der Waals surface area contributed by atoms with Crippen molar-refractivity contribution < 1.29 is 17.5 Å². The number of nitrogens with one attached hydrogen (secondary N) is 1. The summed E-state index contributed by atoms with van der Waals surface area (Å²) >= 11 is 0. The SMILES string of the molecule is Cn1c(NCc2c(F)ccc3c2CCCO3)ncc(-c2ccc(S(C)(=O)=O)cc2)c1=O. The van der Waals surface area contributed by atoms with Crippen LogP contribution in [-0.4, -0.2) is 30.8 Å². The van der Waals surface area contributed by atoms with Gasteiger partial charge in [0, 0.05) is 37.2 Å². The molecular formula is C22H22FN3O4S. The van der Waals surface area contributed by atoms with Gasteiger partial charge in [-0.1, -0.05) is 12.1 Å². The van der Waals surface area contributed by atoms with Gasteiger partial charge in [-0.25, -0.2) is 17.8 Å². The Labute approximate surface area is 179 Å². The van der Waals surface area contributed by atoms with Crippen molar-refractivity contribution in [2.24, 2.45) is 7.05 Å². The Bertz CT molecular complexity index is 1300. The fourth-order valence-electron chi connectivity index (χ4n) is 3.63. The highest BCUT2D eigenvalue weighted by molar-refractivity contribution is 7.90. The molecule has 0 aliphatic carbocycles. The van der Waals surface area contributed by atoms with Gasteiger partial charge in [-0.2, -0.15) is 0 Å². The normalized spacial score (nSPS) is 13.4. The first-order chi connectivity index (χ1) is 14.8. The molecule has 1 aliphatic rings. The second kappa shape index (κ2) is 8.14. The lowest BCUT2D eigenvalue weighted by Crippen LogP contribution is -2.24. The van der Waals surface area contributed by atoms with Crippen molar-refractivity contribution in [3.8, 4) is 16.9 Å². The molecule has 0 amide bonds. The highest BCUT2D eigenvalue weighted by Gasteiger charge is 2.18. The number of benzene rings is 2. The molecule has 9 heteroatoms. The summed E-state index contributed by atoms with van der Waals surface area (Å²) in [5.74, 6) is 0.666. The molecule has 4 rings (SSSR count). The third kappa shape index (κ3) is 4.18. The predicted molar refractivity (Wildman–Crippen MR) is 116 cm³/mol. The van der Waals surface area contributed by atoms with Crippen LogP contribution in [0.25, 0.3) is 11.1 Å². The third-order valence-electron chi connectivity index (χ3n) is 5.35. The lowest BCUT2D eigenvalue weighted by molar-refractivity contribution is 0.286. The van der Waals surface area contributed by atoms with Gasteiger partial charge in [-0.3, -0.25) is 9.36 Å². The summed E-state index contributed by atoms with van der Waals surface area (Å²) in [6.45, 7) is 0.787. The van der Waals surface area contributed by atoms with Crippen molar-refractivity contribution in [3.05, 3.63) is 69.9 Å². The van der Waals surface area contributed by atoms with Gasteiger partial charge < -0.3 is 10.1 Å². The number of fused-ring (bicyclic) bond motifs is 1. The molecule has 162 valence electrons. The number of hydrogen-bond acceptors (Lipinski definition) is 6. The number of anilines is 1. The first-order valence-electron chi connectivity index (χ1n) is 9.79. The standard InChI is InChI=1S/C22H22FN3O4S/c1-26-21(27)17(14-5-7-15(8-6-14)31(2,28)29)12-24-22(26)25-13-18-16-4-3-11-30-20(16)10-9-19(18)23/h5-10,12H,3-4,11,13H2,1-2H3,(H,24,25). The average Bonchev–Trinajstić information content (AvgIpc) is 2.75. The topological polar surface area (TPSA) is 90.3 Å². The highest BCUT2D eigenvalue weighted by atomic mass is 32.2. The number of rotatable bonds is 5. The fraction of sp³-hybridized carbons (Fsp3) is 0.273. The van der Waals surface area contributed by atoms with Gasteiger partial charge in [0.1, 0.15) is 11.6 Å². The fourth-order valence-corrected chi connectivity index (χ4v) is 4.26. The second-order valence-corrected chi connectivity index (χ2v) is 9.48. The van der Waals surface area contributed by atoms with Crippen LogP contribution in [-0.2, 0) is 29.9 Å².